The number of hydrogen-bond acceptors (Lipinski definition) is 2. The molecule has 0 fully saturated rings. The van der Waals surface area contributed by atoms with Gasteiger partial charge in [-0.3, -0.25) is 9.38 Å². The standard InChI is InChI=1S/C26H16N4/c1-2-6-17(7-3-1)30-22-9-5-4-8-18(22)19-10-11-21-24(25(19)30)20-12-13-27-16-23(20)29-15-14-28-26(21)29/h1-16H. The maximum atomic E-state index is 4.69. The van der Waals surface area contributed by atoms with Crippen LogP contribution in [-0.4, -0.2) is 18.9 Å². The molecule has 0 bridgehead atoms. The maximum absolute atomic E-state index is 4.69. The molecular formula is C26H16N4. The van der Waals surface area contributed by atoms with E-state index >= 15 is 0 Å². The molecule has 7 rings (SSSR count). The lowest BCUT2D eigenvalue weighted by Crippen LogP contribution is -1.96. The van der Waals surface area contributed by atoms with Gasteiger partial charge < -0.3 is 4.57 Å². The zero-order valence-corrected chi connectivity index (χ0v) is 16.0. The third-order valence-corrected chi connectivity index (χ3v) is 6.06. The van der Waals surface area contributed by atoms with E-state index in [1.807, 2.05) is 24.8 Å². The Morgan fingerprint density at radius 2 is 1.47 bits per heavy atom. The number of nitrogens with zero attached hydrogens (tertiary/aromatic N) is 4. The van der Waals surface area contributed by atoms with Gasteiger partial charge in [-0.2, -0.15) is 0 Å². The lowest BCUT2D eigenvalue weighted by molar-refractivity contribution is 1.19. The van der Waals surface area contributed by atoms with Crippen molar-refractivity contribution >= 4 is 49.1 Å². The van der Waals surface area contributed by atoms with E-state index in [9.17, 15) is 0 Å². The van der Waals surface area contributed by atoms with Crippen molar-refractivity contribution in [3.63, 3.8) is 0 Å². The van der Waals surface area contributed by atoms with Crippen LogP contribution >= 0.6 is 0 Å². The van der Waals surface area contributed by atoms with Crippen LogP contribution < -0.4 is 0 Å². The van der Waals surface area contributed by atoms with Gasteiger partial charge >= 0.3 is 0 Å². The van der Waals surface area contributed by atoms with E-state index in [0.29, 0.717) is 0 Å². The Morgan fingerprint density at radius 3 is 2.40 bits per heavy atom. The fourth-order valence-corrected chi connectivity index (χ4v) is 4.85. The number of pyridine rings is 2. The monoisotopic (exact) mass is 384 g/mol. The predicted octanol–water partition coefficient (Wildman–Crippen LogP) is 6.13. The minimum absolute atomic E-state index is 0.956. The Hall–Kier alpha value is -4.18. The van der Waals surface area contributed by atoms with E-state index < -0.39 is 0 Å². The Bertz CT molecular complexity index is 1740. The lowest BCUT2D eigenvalue weighted by atomic mass is 10.0. The molecule has 0 amide bonds. The number of hydrogen-bond donors (Lipinski definition) is 0. The van der Waals surface area contributed by atoms with Crippen molar-refractivity contribution in [1.29, 1.82) is 0 Å². The van der Waals surface area contributed by atoms with Crippen molar-refractivity contribution in [2.24, 2.45) is 0 Å². The summed E-state index contributed by atoms with van der Waals surface area (Å²) in [5.74, 6) is 0. The molecule has 0 N–H and O–H groups in total. The first-order chi connectivity index (χ1) is 14.9. The fourth-order valence-electron chi connectivity index (χ4n) is 4.85. The van der Waals surface area contributed by atoms with E-state index in [1.165, 1.54) is 32.6 Å². The minimum Gasteiger partial charge on any atom is -0.309 e. The molecule has 4 heteroatoms. The van der Waals surface area contributed by atoms with Crippen molar-refractivity contribution in [3.8, 4) is 5.69 Å². The molecular weight excluding hydrogens is 368 g/mol. The number of imidazole rings is 1. The van der Waals surface area contributed by atoms with Crippen LogP contribution in [0.25, 0.3) is 54.8 Å². The van der Waals surface area contributed by atoms with Gasteiger partial charge in [0.15, 0.2) is 0 Å². The number of para-hydroxylation sites is 2. The molecule has 3 aromatic carbocycles. The van der Waals surface area contributed by atoms with Gasteiger partial charge in [0, 0.05) is 51.2 Å². The third-order valence-electron chi connectivity index (χ3n) is 6.06. The molecule has 140 valence electrons. The van der Waals surface area contributed by atoms with Crippen LogP contribution in [0.4, 0.5) is 0 Å². The summed E-state index contributed by atoms with van der Waals surface area (Å²) in [6.45, 7) is 0. The molecule has 0 unspecified atom stereocenters. The second-order valence-corrected chi connectivity index (χ2v) is 7.59. The summed E-state index contributed by atoms with van der Waals surface area (Å²) in [4.78, 5) is 9.08. The van der Waals surface area contributed by atoms with Crippen LogP contribution in [-0.2, 0) is 0 Å². The largest absolute Gasteiger partial charge is 0.309 e. The number of aromatic nitrogens is 4. The highest BCUT2D eigenvalue weighted by atomic mass is 15.0. The number of benzene rings is 3. The number of fused-ring (bicyclic) bond motifs is 10. The molecule has 0 aliphatic heterocycles. The van der Waals surface area contributed by atoms with Crippen molar-refractivity contribution in [2.75, 3.05) is 0 Å². The van der Waals surface area contributed by atoms with Crippen molar-refractivity contribution in [3.05, 3.63) is 97.6 Å². The molecule has 0 radical (unpaired) electrons. The van der Waals surface area contributed by atoms with Gasteiger partial charge in [-0.15, -0.1) is 0 Å². The number of rotatable bonds is 1. The van der Waals surface area contributed by atoms with E-state index in [4.69, 9.17) is 0 Å². The highest BCUT2D eigenvalue weighted by molar-refractivity contribution is 6.27. The highest BCUT2D eigenvalue weighted by Gasteiger charge is 2.18. The van der Waals surface area contributed by atoms with E-state index in [2.05, 4.69) is 91.7 Å². The molecule has 0 saturated carbocycles. The van der Waals surface area contributed by atoms with Crippen LogP contribution in [0.3, 0.4) is 0 Å². The van der Waals surface area contributed by atoms with Gasteiger partial charge in [0.2, 0.25) is 0 Å². The normalized spacial score (nSPS) is 12.0. The average molecular weight is 384 g/mol. The van der Waals surface area contributed by atoms with Gasteiger partial charge in [0.05, 0.1) is 22.7 Å². The molecule has 4 heterocycles. The SMILES string of the molecule is c1ccc(-n2c3ccccc3c3ccc4c(c5ccncc5n5ccnc45)c32)cc1. The van der Waals surface area contributed by atoms with Crippen LogP contribution in [0.5, 0.6) is 0 Å². The molecule has 30 heavy (non-hydrogen) atoms. The summed E-state index contributed by atoms with van der Waals surface area (Å²) < 4.78 is 4.51. The predicted molar refractivity (Wildman–Crippen MR) is 122 cm³/mol. The summed E-state index contributed by atoms with van der Waals surface area (Å²) in [6.07, 6.45) is 7.67. The Labute approximate surface area is 171 Å². The van der Waals surface area contributed by atoms with Crippen molar-refractivity contribution < 1.29 is 0 Å². The summed E-state index contributed by atoms with van der Waals surface area (Å²) in [5.41, 5.74) is 5.59. The first-order valence-electron chi connectivity index (χ1n) is 10.0. The van der Waals surface area contributed by atoms with Gasteiger partial charge in [0.1, 0.15) is 5.65 Å². The second kappa shape index (κ2) is 5.67. The summed E-state index contributed by atoms with van der Waals surface area (Å²) in [5, 5.41) is 6.03. The fraction of sp³-hybridized carbons (Fsp3) is 0. The summed E-state index contributed by atoms with van der Waals surface area (Å²) in [7, 11) is 0. The quantitative estimate of drug-likeness (QED) is 0.319. The molecule has 0 atom stereocenters. The van der Waals surface area contributed by atoms with Gasteiger partial charge in [0.25, 0.3) is 0 Å². The molecule has 4 aromatic heterocycles. The van der Waals surface area contributed by atoms with Crippen LogP contribution in [0, 0.1) is 0 Å². The third kappa shape index (κ3) is 1.90. The van der Waals surface area contributed by atoms with Gasteiger partial charge in [-0.05, 0) is 30.3 Å². The summed E-state index contributed by atoms with van der Waals surface area (Å²) in [6, 6.07) is 25.8. The molecule has 7 aromatic rings. The Morgan fingerprint density at radius 1 is 0.633 bits per heavy atom. The zero-order chi connectivity index (χ0) is 19.7. The van der Waals surface area contributed by atoms with Crippen molar-refractivity contribution in [1.82, 2.24) is 18.9 Å². The van der Waals surface area contributed by atoms with Crippen LogP contribution in [0.15, 0.2) is 97.6 Å². The Kier molecular flexibility index (Phi) is 2.97. The van der Waals surface area contributed by atoms with Crippen LogP contribution in [0.1, 0.15) is 0 Å². The average Bonchev–Trinajstić information content (AvgIpc) is 3.43. The molecule has 0 aliphatic carbocycles. The molecule has 0 aliphatic rings. The summed E-state index contributed by atoms with van der Waals surface area (Å²) >= 11 is 0. The van der Waals surface area contributed by atoms with Crippen molar-refractivity contribution in [2.45, 2.75) is 0 Å². The zero-order valence-electron chi connectivity index (χ0n) is 16.0. The van der Waals surface area contributed by atoms with E-state index in [1.54, 1.807) is 0 Å². The first-order valence-corrected chi connectivity index (χ1v) is 10.0. The lowest BCUT2D eigenvalue weighted by Gasteiger charge is -2.13. The highest BCUT2D eigenvalue weighted by Crippen LogP contribution is 2.40. The van der Waals surface area contributed by atoms with Gasteiger partial charge in [-0.25, -0.2) is 4.98 Å². The van der Waals surface area contributed by atoms with Crippen LogP contribution in [0.2, 0.25) is 0 Å². The van der Waals surface area contributed by atoms with Gasteiger partial charge in [-0.1, -0.05) is 42.5 Å². The molecule has 0 saturated heterocycles. The Balaban J connectivity index is 1.87. The second-order valence-electron chi connectivity index (χ2n) is 7.59. The molecule has 4 nitrogen and oxygen atoms in total. The first kappa shape index (κ1) is 15.7. The topological polar surface area (TPSA) is 35.1 Å². The van der Waals surface area contributed by atoms with E-state index in [0.717, 1.165) is 22.2 Å². The molecule has 0 spiro atoms. The maximum Gasteiger partial charge on any atom is 0.145 e. The smallest absolute Gasteiger partial charge is 0.145 e. The minimum atomic E-state index is 0.956. The van der Waals surface area contributed by atoms with E-state index in [-0.39, 0.29) is 0 Å².